The number of ether oxygens (including phenoxy) is 4. The SMILES string of the molecule is CCCCCCCCCCCCCCCCCCCCCCCCC(=O)O[C@H](COC(=O)CCCCCCCCCCCCCCCCCCCCCC)COP(=O)(O)OC[C@@H](O)COP(=O)(O)OC[C@@H](COC(=O)CCCCCCCCCCCC)OC(=O)CCCCCCCCCCCCCCCCCCCCCC. The number of carbonyl (C=O) groups is 4. The third kappa shape index (κ3) is 85.9. The first-order valence-corrected chi connectivity index (χ1v) is 51.3. The van der Waals surface area contributed by atoms with Gasteiger partial charge in [0, 0.05) is 25.7 Å². The second kappa shape index (κ2) is 86.9. The maximum Gasteiger partial charge on any atom is 0.472 e. The molecule has 666 valence electrons. The molecule has 0 heterocycles. The van der Waals surface area contributed by atoms with E-state index in [2.05, 4.69) is 27.7 Å². The van der Waals surface area contributed by atoms with Gasteiger partial charge >= 0.3 is 39.5 Å². The normalized spacial score (nSPS) is 13.6. The molecule has 5 atom stereocenters. The van der Waals surface area contributed by atoms with Crippen molar-refractivity contribution in [2.45, 2.75) is 534 Å². The zero-order valence-electron chi connectivity index (χ0n) is 73.7. The number of phosphoric acid groups is 2. The van der Waals surface area contributed by atoms with Crippen LogP contribution in [0.3, 0.4) is 0 Å². The van der Waals surface area contributed by atoms with E-state index in [-0.39, 0.29) is 25.7 Å². The van der Waals surface area contributed by atoms with Gasteiger partial charge in [0.1, 0.15) is 19.3 Å². The summed E-state index contributed by atoms with van der Waals surface area (Å²) in [6, 6.07) is 0. The van der Waals surface area contributed by atoms with Crippen LogP contribution in [-0.2, 0) is 65.4 Å². The first-order valence-electron chi connectivity index (χ1n) is 48.3. The molecule has 0 aliphatic heterocycles. The highest BCUT2D eigenvalue weighted by molar-refractivity contribution is 7.47. The topological polar surface area (TPSA) is 237 Å². The second-order valence-corrected chi connectivity index (χ2v) is 36.3. The number of unbranched alkanes of at least 4 members (excludes halogenated alkanes) is 68. The summed E-state index contributed by atoms with van der Waals surface area (Å²) >= 11 is 0. The summed E-state index contributed by atoms with van der Waals surface area (Å²) in [6.45, 7) is 5.09. The monoisotopic (exact) mass is 1630 g/mol. The molecule has 0 aromatic carbocycles. The molecule has 0 aliphatic carbocycles. The molecule has 0 rings (SSSR count). The van der Waals surface area contributed by atoms with Gasteiger partial charge in [-0.15, -0.1) is 0 Å². The van der Waals surface area contributed by atoms with Crippen LogP contribution in [0.1, 0.15) is 516 Å². The lowest BCUT2D eigenvalue weighted by Gasteiger charge is -2.21. The Kier molecular flexibility index (Phi) is 85.4. The molecule has 19 heteroatoms. The fourth-order valence-corrected chi connectivity index (χ4v) is 16.3. The van der Waals surface area contributed by atoms with Gasteiger partial charge in [-0.25, -0.2) is 9.13 Å². The summed E-state index contributed by atoms with van der Waals surface area (Å²) in [7, 11) is -9.93. The maximum absolute atomic E-state index is 13.2. The van der Waals surface area contributed by atoms with E-state index in [0.717, 1.165) is 89.9 Å². The van der Waals surface area contributed by atoms with Crippen LogP contribution < -0.4 is 0 Å². The second-order valence-electron chi connectivity index (χ2n) is 33.4. The number of hydrogen-bond donors (Lipinski definition) is 3. The fraction of sp³-hybridized carbons (Fsp3) is 0.957. The zero-order valence-corrected chi connectivity index (χ0v) is 75.5. The lowest BCUT2D eigenvalue weighted by Crippen LogP contribution is -2.30. The van der Waals surface area contributed by atoms with Crippen molar-refractivity contribution in [1.82, 2.24) is 0 Å². The van der Waals surface area contributed by atoms with Crippen molar-refractivity contribution < 1.29 is 80.2 Å². The largest absolute Gasteiger partial charge is 0.472 e. The smallest absolute Gasteiger partial charge is 0.462 e. The highest BCUT2D eigenvalue weighted by atomic mass is 31.2. The zero-order chi connectivity index (χ0) is 81.7. The van der Waals surface area contributed by atoms with Crippen LogP contribution in [0.2, 0.25) is 0 Å². The number of aliphatic hydroxyl groups is 1. The van der Waals surface area contributed by atoms with Crippen LogP contribution in [0.5, 0.6) is 0 Å². The number of phosphoric ester groups is 2. The molecule has 0 bridgehead atoms. The summed E-state index contributed by atoms with van der Waals surface area (Å²) in [6.07, 6.45) is 85.0. The number of esters is 4. The van der Waals surface area contributed by atoms with Crippen molar-refractivity contribution in [3.63, 3.8) is 0 Å². The first kappa shape index (κ1) is 110. The molecule has 0 radical (unpaired) electrons. The van der Waals surface area contributed by atoms with Gasteiger partial charge in [-0.05, 0) is 25.7 Å². The Morgan fingerprint density at radius 2 is 0.357 bits per heavy atom. The van der Waals surface area contributed by atoms with Gasteiger partial charge in [-0.1, -0.05) is 464 Å². The molecule has 0 saturated carbocycles. The highest BCUT2D eigenvalue weighted by Gasteiger charge is 2.31. The molecule has 17 nitrogen and oxygen atoms in total. The van der Waals surface area contributed by atoms with Crippen LogP contribution in [0.4, 0.5) is 0 Å². The molecule has 112 heavy (non-hydrogen) atoms. The van der Waals surface area contributed by atoms with Gasteiger partial charge in [-0.2, -0.15) is 0 Å². The minimum Gasteiger partial charge on any atom is -0.462 e. The van der Waals surface area contributed by atoms with E-state index < -0.39 is 97.5 Å². The molecular formula is C93H182O17P2. The predicted octanol–water partition coefficient (Wildman–Crippen LogP) is 29.3. The highest BCUT2D eigenvalue weighted by Crippen LogP contribution is 2.45. The van der Waals surface area contributed by atoms with Crippen molar-refractivity contribution in [3.8, 4) is 0 Å². The number of aliphatic hydroxyl groups excluding tert-OH is 1. The van der Waals surface area contributed by atoms with E-state index in [9.17, 15) is 43.2 Å². The summed E-state index contributed by atoms with van der Waals surface area (Å²) in [5.41, 5.74) is 0. The molecule has 0 saturated heterocycles. The molecule has 0 aromatic rings. The molecular weight excluding hydrogens is 1450 g/mol. The molecule has 0 spiro atoms. The number of rotatable bonds is 94. The van der Waals surface area contributed by atoms with E-state index in [1.54, 1.807) is 0 Å². The molecule has 2 unspecified atom stereocenters. The van der Waals surface area contributed by atoms with Crippen LogP contribution in [0.15, 0.2) is 0 Å². The van der Waals surface area contributed by atoms with Crippen LogP contribution in [0.25, 0.3) is 0 Å². The summed E-state index contributed by atoms with van der Waals surface area (Å²) < 4.78 is 69.1. The minimum absolute atomic E-state index is 0.110. The summed E-state index contributed by atoms with van der Waals surface area (Å²) in [5, 5.41) is 10.7. The van der Waals surface area contributed by atoms with Gasteiger partial charge < -0.3 is 33.8 Å². The standard InChI is InChI=1S/C93H182O17P2/c1-5-9-13-17-21-25-29-32-35-38-41-44-45-48-51-54-57-60-64-68-72-76-80-93(98)110-89(84-104-91(96)78-74-70-66-62-58-55-52-49-46-42-39-36-33-30-26-22-18-14-10-6-2)86-108-112(101,102)106-82-87(94)81-105-111(99,100)107-85-88(83-103-90(95)77-73-69-65-61-28-24-20-16-12-8-4)109-92(97)79-75-71-67-63-59-56-53-50-47-43-40-37-34-31-27-23-19-15-11-7-3/h87-89,94H,5-86H2,1-4H3,(H,99,100)(H,101,102)/t87-,88+,89+/m0/s1. The first-order chi connectivity index (χ1) is 54.7. The molecule has 0 aliphatic rings. The van der Waals surface area contributed by atoms with Crippen molar-refractivity contribution >= 4 is 39.5 Å². The molecule has 0 aromatic heterocycles. The lowest BCUT2D eigenvalue weighted by molar-refractivity contribution is -0.161. The summed E-state index contributed by atoms with van der Waals surface area (Å²) in [5.74, 6) is -2.09. The average molecular weight is 1630 g/mol. The third-order valence-corrected chi connectivity index (χ3v) is 24.0. The summed E-state index contributed by atoms with van der Waals surface area (Å²) in [4.78, 5) is 73.4. The lowest BCUT2D eigenvalue weighted by atomic mass is 10.0. The number of carbonyl (C=O) groups excluding carboxylic acids is 4. The Labute approximate surface area is 689 Å². The predicted molar refractivity (Wildman–Crippen MR) is 465 cm³/mol. The van der Waals surface area contributed by atoms with E-state index in [1.165, 1.54) is 347 Å². The minimum atomic E-state index is -4.97. The van der Waals surface area contributed by atoms with Crippen LogP contribution in [0, 0.1) is 0 Å². The molecule has 0 amide bonds. The maximum atomic E-state index is 13.2. The van der Waals surface area contributed by atoms with Gasteiger partial charge in [0.05, 0.1) is 26.4 Å². The Hall–Kier alpha value is -1.94. The van der Waals surface area contributed by atoms with Crippen molar-refractivity contribution in [2.75, 3.05) is 39.6 Å². The van der Waals surface area contributed by atoms with Gasteiger partial charge in [0.25, 0.3) is 0 Å². The van der Waals surface area contributed by atoms with E-state index in [1.807, 2.05) is 0 Å². The van der Waals surface area contributed by atoms with E-state index in [4.69, 9.17) is 37.0 Å². The van der Waals surface area contributed by atoms with Crippen LogP contribution >= 0.6 is 15.6 Å². The van der Waals surface area contributed by atoms with Crippen molar-refractivity contribution in [3.05, 3.63) is 0 Å². The van der Waals surface area contributed by atoms with Gasteiger partial charge in [0.15, 0.2) is 12.2 Å². The molecule has 3 N–H and O–H groups in total. The number of hydrogen-bond acceptors (Lipinski definition) is 15. The van der Waals surface area contributed by atoms with Crippen LogP contribution in [-0.4, -0.2) is 96.7 Å². The Morgan fingerprint density at radius 1 is 0.214 bits per heavy atom. The quantitative estimate of drug-likeness (QED) is 0.0222. The van der Waals surface area contributed by atoms with E-state index >= 15 is 0 Å². The van der Waals surface area contributed by atoms with E-state index in [0.29, 0.717) is 25.7 Å². The Bertz CT molecular complexity index is 2100. The van der Waals surface area contributed by atoms with Crippen molar-refractivity contribution in [1.29, 1.82) is 0 Å². The Morgan fingerprint density at radius 3 is 0.527 bits per heavy atom. The third-order valence-electron chi connectivity index (χ3n) is 22.1. The van der Waals surface area contributed by atoms with Crippen molar-refractivity contribution in [2.24, 2.45) is 0 Å². The molecule has 0 fully saturated rings. The fourth-order valence-electron chi connectivity index (χ4n) is 14.8. The Balaban J connectivity index is 5.20. The average Bonchev–Trinajstić information content (AvgIpc) is 0.877. The van der Waals surface area contributed by atoms with Gasteiger partial charge in [-0.3, -0.25) is 37.3 Å². The van der Waals surface area contributed by atoms with Gasteiger partial charge in [0.2, 0.25) is 0 Å².